The molecule has 0 aliphatic carbocycles. The molecular weight excluding hydrogens is 256 g/mol. The van der Waals surface area contributed by atoms with Crippen LogP contribution in [0, 0.1) is 0 Å². The Morgan fingerprint density at radius 3 is 2.95 bits per heavy atom. The van der Waals surface area contributed by atoms with E-state index in [0.29, 0.717) is 12.1 Å². The molecule has 0 unspecified atom stereocenters. The Morgan fingerprint density at radius 2 is 2.20 bits per heavy atom. The van der Waals surface area contributed by atoms with Gasteiger partial charge in [0.1, 0.15) is 6.26 Å². The van der Waals surface area contributed by atoms with Gasteiger partial charge in [0.15, 0.2) is 0 Å². The number of aromatic nitrogens is 2. The van der Waals surface area contributed by atoms with Crippen LogP contribution < -0.4 is 10.2 Å². The summed E-state index contributed by atoms with van der Waals surface area (Å²) in [5.74, 6) is 0.581. The number of hydrogen-bond acceptors (Lipinski definition) is 5. The third-order valence-electron chi connectivity index (χ3n) is 3.30. The zero-order valence-electron chi connectivity index (χ0n) is 11.1. The predicted molar refractivity (Wildman–Crippen MR) is 73.4 cm³/mol. The van der Waals surface area contributed by atoms with Crippen molar-refractivity contribution in [3.8, 4) is 0 Å². The van der Waals surface area contributed by atoms with E-state index < -0.39 is 0 Å². The molecule has 104 valence electrons. The topological polar surface area (TPSA) is 71.3 Å². The van der Waals surface area contributed by atoms with Gasteiger partial charge in [0, 0.05) is 19.3 Å². The maximum Gasteiger partial charge on any atom is 0.254 e. The minimum Gasteiger partial charge on any atom is -0.472 e. The van der Waals surface area contributed by atoms with E-state index in [0.717, 1.165) is 24.7 Å². The van der Waals surface area contributed by atoms with Crippen molar-refractivity contribution >= 4 is 11.9 Å². The lowest BCUT2D eigenvalue weighted by Crippen LogP contribution is -2.24. The first-order chi connectivity index (χ1) is 9.83. The van der Waals surface area contributed by atoms with E-state index in [-0.39, 0.29) is 5.91 Å². The first-order valence-corrected chi connectivity index (χ1v) is 6.70. The third-order valence-corrected chi connectivity index (χ3v) is 3.30. The second-order valence-corrected chi connectivity index (χ2v) is 4.74. The van der Waals surface area contributed by atoms with Gasteiger partial charge in [-0.1, -0.05) is 0 Å². The Kier molecular flexibility index (Phi) is 3.62. The molecule has 1 N–H and O–H groups in total. The first kappa shape index (κ1) is 12.7. The number of hydrogen-bond donors (Lipinski definition) is 1. The molecule has 0 bridgehead atoms. The molecule has 0 aromatic carbocycles. The molecule has 2 aromatic heterocycles. The largest absolute Gasteiger partial charge is 0.472 e. The standard InChI is InChI=1S/C14H16N4O2/c19-13(11-4-8-20-10-11)16-9-12-3-5-15-14(17-12)18-6-1-2-7-18/h3-5,8,10H,1-2,6-7,9H2,(H,16,19). The molecule has 1 fully saturated rings. The average Bonchev–Trinajstić information content (AvgIpc) is 3.17. The quantitative estimate of drug-likeness (QED) is 0.915. The summed E-state index contributed by atoms with van der Waals surface area (Å²) >= 11 is 0. The molecule has 1 saturated heterocycles. The van der Waals surface area contributed by atoms with E-state index in [2.05, 4.69) is 20.2 Å². The molecule has 0 radical (unpaired) electrons. The lowest BCUT2D eigenvalue weighted by atomic mass is 10.3. The van der Waals surface area contributed by atoms with Crippen LogP contribution in [0.5, 0.6) is 0 Å². The lowest BCUT2D eigenvalue weighted by molar-refractivity contribution is 0.0950. The van der Waals surface area contributed by atoms with Crippen molar-refractivity contribution in [1.29, 1.82) is 0 Å². The highest BCUT2D eigenvalue weighted by Gasteiger charge is 2.15. The number of nitrogens with zero attached hydrogens (tertiary/aromatic N) is 3. The van der Waals surface area contributed by atoms with Crippen molar-refractivity contribution in [3.63, 3.8) is 0 Å². The van der Waals surface area contributed by atoms with E-state index in [4.69, 9.17) is 4.42 Å². The highest BCUT2D eigenvalue weighted by Crippen LogP contribution is 2.15. The lowest BCUT2D eigenvalue weighted by Gasteiger charge is -2.15. The van der Waals surface area contributed by atoms with Crippen LogP contribution in [0.2, 0.25) is 0 Å². The van der Waals surface area contributed by atoms with Gasteiger partial charge in [0.05, 0.1) is 24.1 Å². The second-order valence-electron chi connectivity index (χ2n) is 4.74. The van der Waals surface area contributed by atoms with Crippen LogP contribution in [0.25, 0.3) is 0 Å². The van der Waals surface area contributed by atoms with Crippen LogP contribution in [-0.4, -0.2) is 29.0 Å². The second kappa shape index (κ2) is 5.73. The number of carbonyl (C=O) groups excluding carboxylic acids is 1. The molecule has 0 spiro atoms. The van der Waals surface area contributed by atoms with Gasteiger partial charge in [0.25, 0.3) is 5.91 Å². The van der Waals surface area contributed by atoms with Crippen molar-refractivity contribution in [3.05, 3.63) is 42.1 Å². The molecule has 0 atom stereocenters. The Bertz CT molecular complexity index is 577. The van der Waals surface area contributed by atoms with E-state index in [9.17, 15) is 4.79 Å². The van der Waals surface area contributed by atoms with E-state index in [1.165, 1.54) is 25.4 Å². The summed E-state index contributed by atoms with van der Waals surface area (Å²) in [5, 5.41) is 2.81. The predicted octanol–water partition coefficient (Wildman–Crippen LogP) is 1.60. The monoisotopic (exact) mass is 272 g/mol. The van der Waals surface area contributed by atoms with Crippen molar-refractivity contribution < 1.29 is 9.21 Å². The van der Waals surface area contributed by atoms with Crippen LogP contribution in [0.1, 0.15) is 28.9 Å². The molecule has 1 amide bonds. The van der Waals surface area contributed by atoms with Crippen LogP contribution >= 0.6 is 0 Å². The summed E-state index contributed by atoms with van der Waals surface area (Å²) in [4.78, 5) is 22.7. The molecule has 6 nitrogen and oxygen atoms in total. The number of rotatable bonds is 4. The Hall–Kier alpha value is -2.37. The van der Waals surface area contributed by atoms with Crippen LogP contribution in [0.3, 0.4) is 0 Å². The van der Waals surface area contributed by atoms with Gasteiger partial charge in [-0.05, 0) is 25.0 Å². The maximum atomic E-state index is 11.8. The highest BCUT2D eigenvalue weighted by molar-refractivity contribution is 5.93. The van der Waals surface area contributed by atoms with Crippen molar-refractivity contribution in [2.24, 2.45) is 0 Å². The van der Waals surface area contributed by atoms with Crippen molar-refractivity contribution in [2.75, 3.05) is 18.0 Å². The molecule has 3 rings (SSSR count). The normalized spacial score (nSPS) is 14.5. The molecule has 1 aliphatic rings. The van der Waals surface area contributed by atoms with E-state index >= 15 is 0 Å². The van der Waals surface area contributed by atoms with Gasteiger partial charge in [-0.2, -0.15) is 0 Å². The summed E-state index contributed by atoms with van der Waals surface area (Å²) in [6, 6.07) is 3.44. The van der Waals surface area contributed by atoms with Crippen molar-refractivity contribution in [2.45, 2.75) is 19.4 Å². The van der Waals surface area contributed by atoms with Gasteiger partial charge in [0.2, 0.25) is 5.95 Å². The molecule has 20 heavy (non-hydrogen) atoms. The fraction of sp³-hybridized carbons (Fsp3) is 0.357. The zero-order chi connectivity index (χ0) is 13.8. The third kappa shape index (κ3) is 2.79. The molecule has 0 saturated carbocycles. The molecule has 2 aromatic rings. The molecule has 1 aliphatic heterocycles. The SMILES string of the molecule is O=C(NCc1ccnc(N2CCCC2)n1)c1ccoc1. The molecule has 6 heteroatoms. The van der Waals surface area contributed by atoms with Crippen LogP contribution in [0.15, 0.2) is 35.3 Å². The van der Waals surface area contributed by atoms with Crippen molar-refractivity contribution in [1.82, 2.24) is 15.3 Å². The molecular formula is C14H16N4O2. The van der Waals surface area contributed by atoms with Gasteiger partial charge in [-0.25, -0.2) is 9.97 Å². The number of furan rings is 1. The minimum atomic E-state index is -0.167. The Labute approximate surface area is 116 Å². The smallest absolute Gasteiger partial charge is 0.254 e. The van der Waals surface area contributed by atoms with E-state index in [1.807, 2.05) is 6.07 Å². The summed E-state index contributed by atoms with van der Waals surface area (Å²) < 4.78 is 4.88. The fourth-order valence-corrected chi connectivity index (χ4v) is 2.22. The fourth-order valence-electron chi connectivity index (χ4n) is 2.22. The van der Waals surface area contributed by atoms with Gasteiger partial charge < -0.3 is 14.6 Å². The summed E-state index contributed by atoms with van der Waals surface area (Å²) in [5.41, 5.74) is 1.32. The summed E-state index contributed by atoms with van der Waals surface area (Å²) in [7, 11) is 0. The summed E-state index contributed by atoms with van der Waals surface area (Å²) in [6.45, 7) is 2.39. The summed E-state index contributed by atoms with van der Waals surface area (Å²) in [6.07, 6.45) is 7.01. The highest BCUT2D eigenvalue weighted by atomic mass is 16.3. The Morgan fingerprint density at radius 1 is 1.35 bits per heavy atom. The first-order valence-electron chi connectivity index (χ1n) is 6.70. The number of amides is 1. The number of nitrogens with one attached hydrogen (secondary N) is 1. The average molecular weight is 272 g/mol. The zero-order valence-corrected chi connectivity index (χ0v) is 11.1. The Balaban J connectivity index is 1.62. The van der Waals surface area contributed by atoms with Gasteiger partial charge >= 0.3 is 0 Å². The van der Waals surface area contributed by atoms with E-state index in [1.54, 1.807) is 12.3 Å². The van der Waals surface area contributed by atoms with Gasteiger partial charge in [-0.3, -0.25) is 4.79 Å². The number of anilines is 1. The maximum absolute atomic E-state index is 11.8. The van der Waals surface area contributed by atoms with Crippen LogP contribution in [-0.2, 0) is 6.54 Å². The van der Waals surface area contributed by atoms with Crippen LogP contribution in [0.4, 0.5) is 5.95 Å². The molecule has 3 heterocycles. The minimum absolute atomic E-state index is 0.167. The number of carbonyl (C=O) groups is 1. The van der Waals surface area contributed by atoms with Gasteiger partial charge in [-0.15, -0.1) is 0 Å².